The third-order valence-electron chi connectivity index (χ3n) is 10.4. The van der Waals surface area contributed by atoms with E-state index < -0.39 is 10.3 Å². The molecule has 5 aromatic carbocycles. The molecular weight excluding hydrogens is 687 g/mol. The second kappa shape index (κ2) is 17.6. The summed E-state index contributed by atoms with van der Waals surface area (Å²) in [5.41, 5.74) is 7.05. The largest absolute Gasteiger partial charge is 0.336 e. The maximum absolute atomic E-state index is 14.1. The van der Waals surface area contributed by atoms with Crippen LogP contribution in [-0.2, 0) is 20.8 Å². The van der Waals surface area contributed by atoms with Gasteiger partial charge in [0.1, 0.15) is 0 Å². The molecule has 280 valence electrons. The molecule has 0 bridgehead atoms. The molecule has 6 rings (SSSR count). The SMILES string of the molecule is Cc1cccc(C(=O)N2CCN(C[C@H](CSC(c3ccccc3)(c3ccccc3)c3ccccc3)N(C=O)OC(C)(C)C)[C@@H](Cc3ccccc3)C2)c1C. The van der Waals surface area contributed by atoms with E-state index in [0.29, 0.717) is 31.9 Å². The maximum Gasteiger partial charge on any atom is 0.254 e. The molecule has 0 spiro atoms. The van der Waals surface area contributed by atoms with E-state index in [1.54, 1.807) is 5.06 Å². The number of piperazine rings is 1. The van der Waals surface area contributed by atoms with Crippen molar-refractivity contribution >= 4 is 24.1 Å². The number of aryl methyl sites for hydroxylation is 1. The molecule has 1 aliphatic rings. The highest BCUT2D eigenvalue weighted by Gasteiger charge is 2.40. The topological polar surface area (TPSA) is 53.1 Å². The van der Waals surface area contributed by atoms with E-state index in [4.69, 9.17) is 4.84 Å². The summed E-state index contributed by atoms with van der Waals surface area (Å²) < 4.78 is -0.557. The lowest BCUT2D eigenvalue weighted by Crippen LogP contribution is -2.59. The van der Waals surface area contributed by atoms with Crippen molar-refractivity contribution in [1.29, 1.82) is 0 Å². The van der Waals surface area contributed by atoms with E-state index >= 15 is 0 Å². The highest BCUT2D eigenvalue weighted by Crippen LogP contribution is 2.49. The number of amides is 2. The first-order valence-corrected chi connectivity index (χ1v) is 19.9. The Morgan fingerprint density at radius 1 is 0.778 bits per heavy atom. The lowest BCUT2D eigenvalue weighted by molar-refractivity contribution is -0.231. The molecule has 5 aromatic rings. The molecule has 0 unspecified atom stereocenters. The minimum Gasteiger partial charge on any atom is -0.336 e. The minimum atomic E-state index is -0.584. The quantitative estimate of drug-likeness (QED) is 0.0647. The fourth-order valence-electron chi connectivity index (χ4n) is 7.52. The summed E-state index contributed by atoms with van der Waals surface area (Å²) in [6, 6.07) is 48.2. The van der Waals surface area contributed by atoms with Crippen molar-refractivity contribution in [3.05, 3.63) is 178 Å². The number of hydrogen-bond acceptors (Lipinski definition) is 5. The second-order valence-electron chi connectivity index (χ2n) is 15.3. The Bertz CT molecular complexity index is 1850. The Morgan fingerprint density at radius 2 is 1.31 bits per heavy atom. The van der Waals surface area contributed by atoms with Crippen molar-refractivity contribution in [3.63, 3.8) is 0 Å². The van der Waals surface area contributed by atoms with Crippen molar-refractivity contribution in [2.45, 2.75) is 63.5 Å². The van der Waals surface area contributed by atoms with E-state index in [2.05, 4.69) is 133 Å². The zero-order valence-corrected chi connectivity index (χ0v) is 33.0. The van der Waals surface area contributed by atoms with Crippen LogP contribution < -0.4 is 0 Å². The van der Waals surface area contributed by atoms with Crippen LogP contribution in [-0.4, -0.2) is 76.8 Å². The average Bonchev–Trinajstić information content (AvgIpc) is 3.19. The van der Waals surface area contributed by atoms with Crippen molar-refractivity contribution in [3.8, 4) is 0 Å². The number of hydrogen-bond donors (Lipinski definition) is 0. The molecule has 1 heterocycles. The molecule has 6 nitrogen and oxygen atoms in total. The van der Waals surface area contributed by atoms with Crippen LogP contribution in [0, 0.1) is 13.8 Å². The van der Waals surface area contributed by atoms with Crippen LogP contribution in [0.25, 0.3) is 0 Å². The summed E-state index contributed by atoms with van der Waals surface area (Å²) in [5, 5.41) is 1.55. The molecule has 7 heteroatoms. The van der Waals surface area contributed by atoms with E-state index in [1.807, 2.05) is 62.6 Å². The molecule has 2 amide bonds. The molecule has 0 radical (unpaired) electrons. The van der Waals surface area contributed by atoms with Gasteiger partial charge in [-0.3, -0.25) is 19.3 Å². The van der Waals surface area contributed by atoms with Gasteiger partial charge in [-0.15, -0.1) is 11.8 Å². The first-order chi connectivity index (χ1) is 26.1. The van der Waals surface area contributed by atoms with Gasteiger partial charge in [-0.2, -0.15) is 0 Å². The monoisotopic (exact) mass is 739 g/mol. The van der Waals surface area contributed by atoms with Gasteiger partial charge in [0.05, 0.1) is 16.4 Å². The van der Waals surface area contributed by atoms with Crippen LogP contribution in [0.5, 0.6) is 0 Å². The molecule has 1 saturated heterocycles. The third kappa shape index (κ3) is 9.15. The first kappa shape index (κ1) is 39.0. The predicted molar refractivity (Wildman–Crippen MR) is 222 cm³/mol. The number of carbonyl (C=O) groups excluding carboxylic acids is 2. The van der Waals surface area contributed by atoms with Gasteiger partial charge in [0, 0.05) is 43.5 Å². The highest BCUT2D eigenvalue weighted by molar-refractivity contribution is 8.00. The lowest BCUT2D eigenvalue weighted by atomic mass is 9.84. The highest BCUT2D eigenvalue weighted by atomic mass is 32.2. The summed E-state index contributed by atoms with van der Waals surface area (Å²) >= 11 is 1.83. The van der Waals surface area contributed by atoms with Crippen molar-refractivity contribution in [2.75, 3.05) is 31.9 Å². The van der Waals surface area contributed by atoms with Crippen LogP contribution in [0.3, 0.4) is 0 Å². The summed E-state index contributed by atoms with van der Waals surface area (Å²) in [6.45, 7) is 12.5. The van der Waals surface area contributed by atoms with Crippen molar-refractivity contribution in [1.82, 2.24) is 14.9 Å². The van der Waals surface area contributed by atoms with E-state index in [1.165, 1.54) is 22.3 Å². The molecule has 1 aliphatic heterocycles. The third-order valence-corrected chi connectivity index (χ3v) is 12.1. The lowest BCUT2D eigenvalue weighted by Gasteiger charge is -2.45. The second-order valence-corrected chi connectivity index (χ2v) is 16.5. The minimum absolute atomic E-state index is 0.0352. The Morgan fingerprint density at radius 3 is 1.83 bits per heavy atom. The molecule has 0 aliphatic carbocycles. The van der Waals surface area contributed by atoms with Crippen LogP contribution in [0.1, 0.15) is 64.5 Å². The summed E-state index contributed by atoms with van der Waals surface area (Å²) in [6.07, 6.45) is 1.62. The molecular formula is C47H53N3O3S. The first-order valence-electron chi connectivity index (χ1n) is 19.0. The molecule has 2 atom stereocenters. The zero-order chi connectivity index (χ0) is 38.1. The van der Waals surface area contributed by atoms with Crippen molar-refractivity contribution in [2.24, 2.45) is 0 Å². The van der Waals surface area contributed by atoms with E-state index in [0.717, 1.165) is 29.5 Å². The van der Waals surface area contributed by atoms with Crippen LogP contribution in [0.2, 0.25) is 0 Å². The number of benzene rings is 5. The number of rotatable bonds is 14. The van der Waals surface area contributed by atoms with Gasteiger partial charge in [0.2, 0.25) is 6.41 Å². The van der Waals surface area contributed by atoms with Gasteiger partial charge in [0.25, 0.3) is 5.91 Å². The van der Waals surface area contributed by atoms with Gasteiger partial charge in [-0.05, 0) is 80.5 Å². The van der Waals surface area contributed by atoms with Crippen LogP contribution in [0.4, 0.5) is 0 Å². The standard InChI is InChI=1S/C47H53N3O3S/c1-36-19-18-28-44(37(36)2)45(52)49-30-29-48(42(32-49)31-38-20-10-6-11-21-38)33-43(50(35-51)53-46(3,4)5)34-54-47(39-22-12-7-13-23-39,40-24-14-8-15-25-40)41-26-16-9-17-27-41/h6-28,35,42-43H,29-34H2,1-5H3/t42-,43+/m0/s1. The van der Waals surface area contributed by atoms with Gasteiger partial charge in [-0.1, -0.05) is 133 Å². The number of carbonyl (C=O) groups is 2. The molecule has 1 fully saturated rings. The van der Waals surface area contributed by atoms with Crippen molar-refractivity contribution < 1.29 is 14.4 Å². The zero-order valence-electron chi connectivity index (χ0n) is 32.2. The average molecular weight is 740 g/mol. The van der Waals surface area contributed by atoms with Gasteiger partial charge in [0.15, 0.2) is 0 Å². The predicted octanol–water partition coefficient (Wildman–Crippen LogP) is 8.95. The Hall–Kier alpha value is -4.69. The normalized spacial score (nSPS) is 15.8. The number of nitrogens with zero attached hydrogens (tertiary/aromatic N) is 3. The summed E-state index contributed by atoms with van der Waals surface area (Å²) in [4.78, 5) is 38.0. The molecule has 0 aromatic heterocycles. The number of thioether (sulfide) groups is 1. The fourth-order valence-corrected chi connectivity index (χ4v) is 9.12. The summed E-state index contributed by atoms with van der Waals surface area (Å²) in [5.74, 6) is 0.665. The van der Waals surface area contributed by atoms with Crippen LogP contribution in [0.15, 0.2) is 140 Å². The number of hydroxylamine groups is 2. The van der Waals surface area contributed by atoms with Gasteiger partial charge in [-0.25, -0.2) is 5.06 Å². The van der Waals surface area contributed by atoms with E-state index in [-0.39, 0.29) is 18.0 Å². The maximum atomic E-state index is 14.1. The fraction of sp³-hybridized carbons (Fsp3) is 0.319. The Balaban J connectivity index is 1.36. The Labute approximate surface area is 326 Å². The Kier molecular flexibility index (Phi) is 12.7. The molecule has 0 saturated carbocycles. The molecule has 54 heavy (non-hydrogen) atoms. The van der Waals surface area contributed by atoms with Crippen LogP contribution >= 0.6 is 11.8 Å². The van der Waals surface area contributed by atoms with Gasteiger partial charge < -0.3 is 4.90 Å². The smallest absolute Gasteiger partial charge is 0.254 e. The molecule has 0 N–H and O–H groups in total. The van der Waals surface area contributed by atoms with Gasteiger partial charge >= 0.3 is 0 Å². The van der Waals surface area contributed by atoms with E-state index in [9.17, 15) is 9.59 Å². The summed E-state index contributed by atoms with van der Waals surface area (Å²) in [7, 11) is 0.